The molecule has 0 saturated carbocycles. The summed E-state index contributed by atoms with van der Waals surface area (Å²) in [5, 5.41) is 3.50. The lowest BCUT2D eigenvalue weighted by Gasteiger charge is -2.35. The number of anilines is 1. The molecule has 0 bridgehead atoms. The number of halogens is 2. The highest BCUT2D eigenvalue weighted by atomic mass is 127. The highest BCUT2D eigenvalue weighted by Gasteiger charge is 2.34. The predicted molar refractivity (Wildman–Crippen MR) is 165 cm³/mol. The van der Waals surface area contributed by atoms with Crippen LogP contribution in [0.3, 0.4) is 0 Å². The average molecular weight is 682 g/mol. The molecule has 7 nitrogen and oxygen atoms in total. The molecule has 10 heteroatoms. The number of hydrogen-bond acceptors (Lipinski definition) is 4. The monoisotopic (exact) mass is 681 g/mol. The molecule has 0 aliphatic carbocycles. The Labute approximate surface area is 249 Å². The van der Waals surface area contributed by atoms with Crippen molar-refractivity contribution in [1.29, 1.82) is 0 Å². The first-order valence-corrected chi connectivity index (χ1v) is 15.7. The summed E-state index contributed by atoms with van der Waals surface area (Å²) < 4.78 is 27.6. The van der Waals surface area contributed by atoms with Crippen molar-refractivity contribution < 1.29 is 18.0 Å². The van der Waals surface area contributed by atoms with Crippen LogP contribution in [0.15, 0.2) is 78.9 Å². The molecule has 1 N–H and O–H groups in total. The van der Waals surface area contributed by atoms with Crippen molar-refractivity contribution in [1.82, 2.24) is 10.2 Å². The molecule has 0 unspecified atom stereocenters. The summed E-state index contributed by atoms with van der Waals surface area (Å²) in [6.07, 6.45) is 1.31. The van der Waals surface area contributed by atoms with Gasteiger partial charge in [0.15, 0.2) is 0 Å². The Morgan fingerprint density at radius 2 is 1.56 bits per heavy atom. The van der Waals surface area contributed by atoms with Crippen LogP contribution < -0.4 is 9.62 Å². The fourth-order valence-electron chi connectivity index (χ4n) is 4.06. The van der Waals surface area contributed by atoms with Gasteiger partial charge in [0.05, 0.1) is 11.9 Å². The third-order valence-electron chi connectivity index (χ3n) is 5.81. The molecule has 0 spiro atoms. The number of amides is 2. The number of hydrogen-bond donors (Lipinski definition) is 1. The van der Waals surface area contributed by atoms with E-state index in [0.29, 0.717) is 10.7 Å². The van der Waals surface area contributed by atoms with E-state index in [4.69, 9.17) is 11.6 Å². The lowest BCUT2D eigenvalue weighted by atomic mass is 10.0. The minimum atomic E-state index is -3.81. The summed E-state index contributed by atoms with van der Waals surface area (Å²) in [5.41, 5.74) is 1.41. The second-order valence-electron chi connectivity index (χ2n) is 10.3. The van der Waals surface area contributed by atoms with Crippen molar-refractivity contribution in [2.75, 3.05) is 17.1 Å². The van der Waals surface area contributed by atoms with Crippen LogP contribution in [0.25, 0.3) is 0 Å². The Bertz CT molecular complexity index is 1390. The summed E-state index contributed by atoms with van der Waals surface area (Å²) in [7, 11) is -3.81. The number of rotatable bonds is 10. The first-order valence-electron chi connectivity index (χ1n) is 12.4. The van der Waals surface area contributed by atoms with Gasteiger partial charge in [-0.05, 0) is 90.9 Å². The molecule has 3 aromatic carbocycles. The summed E-state index contributed by atoms with van der Waals surface area (Å²) in [6.45, 7) is 5.22. The fourth-order valence-corrected chi connectivity index (χ4v) is 5.48. The second-order valence-corrected chi connectivity index (χ2v) is 13.9. The van der Waals surface area contributed by atoms with Crippen LogP contribution in [-0.4, -0.2) is 49.5 Å². The Morgan fingerprint density at radius 3 is 2.13 bits per heavy atom. The van der Waals surface area contributed by atoms with Crippen LogP contribution in [0.5, 0.6) is 0 Å². The molecular formula is C29H33ClIN3O4S. The maximum absolute atomic E-state index is 14.0. The highest BCUT2D eigenvalue weighted by Crippen LogP contribution is 2.22. The van der Waals surface area contributed by atoms with Crippen molar-refractivity contribution in [3.05, 3.63) is 98.6 Å². The van der Waals surface area contributed by atoms with Crippen LogP contribution in [-0.2, 0) is 32.6 Å². The van der Waals surface area contributed by atoms with Crippen molar-refractivity contribution in [3.8, 4) is 0 Å². The van der Waals surface area contributed by atoms with E-state index in [1.165, 1.54) is 4.90 Å². The average Bonchev–Trinajstić information content (AvgIpc) is 2.84. The summed E-state index contributed by atoms with van der Waals surface area (Å²) in [6, 6.07) is 22.4. The van der Waals surface area contributed by atoms with Crippen molar-refractivity contribution in [2.45, 2.75) is 45.3 Å². The zero-order valence-electron chi connectivity index (χ0n) is 22.4. The van der Waals surface area contributed by atoms with E-state index in [-0.39, 0.29) is 18.9 Å². The van der Waals surface area contributed by atoms with Gasteiger partial charge in [-0.15, -0.1) is 0 Å². The largest absolute Gasteiger partial charge is 0.350 e. The van der Waals surface area contributed by atoms with E-state index in [9.17, 15) is 18.0 Å². The van der Waals surface area contributed by atoms with Gasteiger partial charge in [0, 0.05) is 27.1 Å². The third kappa shape index (κ3) is 9.51. The second kappa shape index (κ2) is 13.1. The number of benzene rings is 3. The minimum absolute atomic E-state index is 0.0682. The third-order valence-corrected chi connectivity index (χ3v) is 7.90. The maximum Gasteiger partial charge on any atom is 0.244 e. The Balaban J connectivity index is 2.07. The zero-order chi connectivity index (χ0) is 28.8. The smallest absolute Gasteiger partial charge is 0.244 e. The fraction of sp³-hybridized carbons (Fsp3) is 0.310. The maximum atomic E-state index is 14.0. The first kappa shape index (κ1) is 30.9. The normalized spacial score (nSPS) is 12.5. The number of carbonyl (C=O) groups excluding carboxylic acids is 2. The van der Waals surface area contributed by atoms with Gasteiger partial charge in [0.25, 0.3) is 0 Å². The van der Waals surface area contributed by atoms with E-state index < -0.39 is 34.1 Å². The van der Waals surface area contributed by atoms with Gasteiger partial charge in [0.1, 0.15) is 12.6 Å². The molecule has 3 aromatic rings. The molecule has 0 radical (unpaired) electrons. The first-order chi connectivity index (χ1) is 18.2. The number of nitrogens with zero attached hydrogens (tertiary/aromatic N) is 2. The van der Waals surface area contributed by atoms with Crippen LogP contribution in [0.2, 0.25) is 5.02 Å². The molecule has 39 heavy (non-hydrogen) atoms. The summed E-state index contributed by atoms with van der Waals surface area (Å²) >= 11 is 8.36. The van der Waals surface area contributed by atoms with Crippen LogP contribution in [0.1, 0.15) is 31.9 Å². The van der Waals surface area contributed by atoms with Gasteiger partial charge >= 0.3 is 0 Å². The molecule has 0 saturated heterocycles. The topological polar surface area (TPSA) is 86.8 Å². The van der Waals surface area contributed by atoms with Gasteiger partial charge in [-0.1, -0.05) is 54.1 Å². The van der Waals surface area contributed by atoms with Gasteiger partial charge in [-0.3, -0.25) is 13.9 Å². The van der Waals surface area contributed by atoms with E-state index in [1.807, 2.05) is 57.2 Å². The molecule has 0 aromatic heterocycles. The van der Waals surface area contributed by atoms with Crippen molar-refractivity contribution in [3.63, 3.8) is 0 Å². The Kier molecular flexibility index (Phi) is 10.4. The van der Waals surface area contributed by atoms with Gasteiger partial charge in [-0.2, -0.15) is 0 Å². The Hall–Kier alpha value is -2.63. The minimum Gasteiger partial charge on any atom is -0.350 e. The molecule has 0 heterocycles. The predicted octanol–water partition coefficient (Wildman–Crippen LogP) is 5.27. The quantitative estimate of drug-likeness (QED) is 0.296. The standard InChI is InChI=1S/C29H33ClIN3O4S/c1-29(2,3)32-28(36)26(18-21-9-6-5-7-10-21)33(19-22-11-8-12-23(30)17-22)27(35)20-34(39(4,37)38)25-15-13-24(31)14-16-25/h5-17,26H,18-20H2,1-4H3,(H,32,36)/t26-/m0/s1. The number of nitrogens with one attached hydrogen (secondary N) is 1. The van der Waals surface area contributed by atoms with Gasteiger partial charge in [-0.25, -0.2) is 8.42 Å². The molecule has 0 fully saturated rings. The number of carbonyl (C=O) groups is 2. The van der Waals surface area contributed by atoms with Crippen LogP contribution in [0, 0.1) is 3.57 Å². The molecule has 2 amide bonds. The lowest BCUT2D eigenvalue weighted by Crippen LogP contribution is -2.56. The van der Waals surface area contributed by atoms with E-state index >= 15 is 0 Å². The van der Waals surface area contributed by atoms with E-state index in [1.54, 1.807) is 42.5 Å². The van der Waals surface area contributed by atoms with Crippen LogP contribution >= 0.6 is 34.2 Å². The molecular weight excluding hydrogens is 649 g/mol. The lowest BCUT2D eigenvalue weighted by molar-refractivity contribution is -0.140. The Morgan fingerprint density at radius 1 is 0.949 bits per heavy atom. The van der Waals surface area contributed by atoms with Gasteiger partial charge < -0.3 is 10.2 Å². The van der Waals surface area contributed by atoms with Crippen LogP contribution in [0.4, 0.5) is 5.69 Å². The molecule has 0 aliphatic rings. The highest BCUT2D eigenvalue weighted by molar-refractivity contribution is 14.1. The van der Waals surface area contributed by atoms with E-state index in [2.05, 4.69) is 27.9 Å². The number of sulfonamides is 1. The van der Waals surface area contributed by atoms with E-state index in [0.717, 1.165) is 25.3 Å². The SMILES string of the molecule is CC(C)(C)NC(=O)[C@H](Cc1ccccc1)N(Cc1cccc(Cl)c1)C(=O)CN(c1ccc(I)cc1)S(C)(=O)=O. The molecule has 3 rings (SSSR count). The summed E-state index contributed by atoms with van der Waals surface area (Å²) in [4.78, 5) is 29.2. The molecule has 1 atom stereocenters. The summed E-state index contributed by atoms with van der Waals surface area (Å²) in [5.74, 6) is -0.842. The van der Waals surface area contributed by atoms with Crippen molar-refractivity contribution in [2.24, 2.45) is 0 Å². The molecule has 0 aliphatic heterocycles. The molecule has 208 valence electrons. The zero-order valence-corrected chi connectivity index (χ0v) is 26.1. The van der Waals surface area contributed by atoms with Crippen molar-refractivity contribution >= 4 is 61.7 Å². The van der Waals surface area contributed by atoms with Gasteiger partial charge in [0.2, 0.25) is 21.8 Å².